The fourth-order valence-electron chi connectivity index (χ4n) is 3.10. The lowest BCUT2D eigenvalue weighted by atomic mass is 9.96. The molecule has 0 bridgehead atoms. The lowest BCUT2D eigenvalue weighted by Crippen LogP contribution is -2.58. The molecular weight excluding hydrogens is 312 g/mol. The van der Waals surface area contributed by atoms with Crippen LogP contribution in [0.15, 0.2) is 22.7 Å². The highest BCUT2D eigenvalue weighted by atomic mass is 79.9. The summed E-state index contributed by atoms with van der Waals surface area (Å²) in [5, 5.41) is 3.73. The Morgan fingerprint density at radius 3 is 2.80 bits per heavy atom. The van der Waals surface area contributed by atoms with Crippen LogP contribution in [-0.2, 0) is 0 Å². The van der Waals surface area contributed by atoms with Crippen LogP contribution in [0.4, 0.5) is 5.69 Å². The third-order valence-corrected chi connectivity index (χ3v) is 5.35. The van der Waals surface area contributed by atoms with Crippen LogP contribution in [-0.4, -0.2) is 25.2 Å². The molecule has 0 radical (unpaired) electrons. The summed E-state index contributed by atoms with van der Waals surface area (Å²) in [6, 6.07) is 7.78. The highest BCUT2D eigenvalue weighted by molar-refractivity contribution is 9.10. The van der Waals surface area contributed by atoms with Gasteiger partial charge in [-0.15, -0.1) is 0 Å². The maximum atomic E-state index is 3.79. The molecule has 112 valence electrons. The Labute approximate surface area is 132 Å². The van der Waals surface area contributed by atoms with Crippen LogP contribution in [0.1, 0.15) is 39.2 Å². The van der Waals surface area contributed by atoms with Gasteiger partial charge in [-0.3, -0.25) is 0 Å². The molecule has 0 aliphatic carbocycles. The molecule has 1 N–H and O–H groups in total. The van der Waals surface area contributed by atoms with Crippen molar-refractivity contribution in [2.45, 2.75) is 52.6 Å². The Morgan fingerprint density at radius 2 is 2.15 bits per heavy atom. The first-order valence-corrected chi connectivity index (χ1v) is 8.59. The number of nitrogens with one attached hydrogen (secondary N) is 1. The van der Waals surface area contributed by atoms with E-state index < -0.39 is 0 Å². The van der Waals surface area contributed by atoms with E-state index in [0.29, 0.717) is 18.0 Å². The molecule has 0 spiro atoms. The fourth-order valence-corrected chi connectivity index (χ4v) is 3.60. The van der Waals surface area contributed by atoms with Gasteiger partial charge in [-0.05, 0) is 46.8 Å². The maximum Gasteiger partial charge on any atom is 0.0516 e. The van der Waals surface area contributed by atoms with Crippen LogP contribution >= 0.6 is 15.9 Å². The Hall–Kier alpha value is -0.540. The van der Waals surface area contributed by atoms with Crippen molar-refractivity contribution in [2.75, 3.05) is 18.0 Å². The zero-order valence-corrected chi connectivity index (χ0v) is 14.7. The quantitative estimate of drug-likeness (QED) is 0.877. The first kappa shape index (κ1) is 15.8. The van der Waals surface area contributed by atoms with E-state index in [-0.39, 0.29) is 0 Å². The summed E-state index contributed by atoms with van der Waals surface area (Å²) in [6.07, 6.45) is 2.50. The number of anilines is 1. The SMILES string of the molecule is CCCC1CN(c2cccc(C)c2Br)C(C(C)C)CN1. The van der Waals surface area contributed by atoms with Gasteiger partial charge >= 0.3 is 0 Å². The molecule has 0 amide bonds. The molecule has 1 heterocycles. The minimum absolute atomic E-state index is 0.571. The van der Waals surface area contributed by atoms with Gasteiger partial charge in [0.05, 0.1) is 5.69 Å². The average Bonchev–Trinajstić information content (AvgIpc) is 2.42. The summed E-state index contributed by atoms with van der Waals surface area (Å²) in [5.74, 6) is 0.650. The van der Waals surface area contributed by atoms with Crippen molar-refractivity contribution in [3.63, 3.8) is 0 Å². The number of hydrogen-bond donors (Lipinski definition) is 1. The fraction of sp³-hybridized carbons (Fsp3) is 0.647. The molecule has 3 heteroatoms. The molecule has 2 unspecified atom stereocenters. The molecule has 1 aliphatic heterocycles. The predicted octanol–water partition coefficient (Wildman–Crippen LogP) is 4.36. The number of piperazine rings is 1. The van der Waals surface area contributed by atoms with Crippen molar-refractivity contribution >= 4 is 21.6 Å². The van der Waals surface area contributed by atoms with Crippen molar-refractivity contribution in [2.24, 2.45) is 5.92 Å². The average molecular weight is 339 g/mol. The predicted molar refractivity (Wildman–Crippen MR) is 91.5 cm³/mol. The minimum atomic E-state index is 0.571. The number of nitrogens with zero attached hydrogens (tertiary/aromatic N) is 1. The lowest BCUT2D eigenvalue weighted by molar-refractivity contribution is 0.327. The largest absolute Gasteiger partial charge is 0.365 e. The Morgan fingerprint density at radius 1 is 1.40 bits per heavy atom. The molecule has 0 aromatic heterocycles. The lowest BCUT2D eigenvalue weighted by Gasteiger charge is -2.44. The van der Waals surface area contributed by atoms with Crippen molar-refractivity contribution in [1.82, 2.24) is 5.32 Å². The van der Waals surface area contributed by atoms with Gasteiger partial charge in [0.1, 0.15) is 0 Å². The van der Waals surface area contributed by atoms with Crippen LogP contribution in [0.5, 0.6) is 0 Å². The van der Waals surface area contributed by atoms with E-state index in [1.165, 1.54) is 28.6 Å². The van der Waals surface area contributed by atoms with Gasteiger partial charge in [0, 0.05) is 29.6 Å². The van der Waals surface area contributed by atoms with Crippen LogP contribution in [0.2, 0.25) is 0 Å². The van der Waals surface area contributed by atoms with Crippen molar-refractivity contribution in [1.29, 1.82) is 0 Å². The van der Waals surface area contributed by atoms with Crippen LogP contribution in [0.25, 0.3) is 0 Å². The molecule has 20 heavy (non-hydrogen) atoms. The third-order valence-electron chi connectivity index (χ3n) is 4.32. The zero-order valence-electron chi connectivity index (χ0n) is 13.1. The van der Waals surface area contributed by atoms with E-state index in [2.05, 4.69) is 72.0 Å². The number of benzene rings is 1. The van der Waals surface area contributed by atoms with Gasteiger partial charge in [0.15, 0.2) is 0 Å². The van der Waals surface area contributed by atoms with E-state index in [4.69, 9.17) is 0 Å². The van der Waals surface area contributed by atoms with Gasteiger partial charge in [-0.1, -0.05) is 39.3 Å². The van der Waals surface area contributed by atoms with Crippen LogP contribution < -0.4 is 10.2 Å². The molecule has 1 aromatic rings. The van der Waals surface area contributed by atoms with Crippen molar-refractivity contribution < 1.29 is 0 Å². The monoisotopic (exact) mass is 338 g/mol. The van der Waals surface area contributed by atoms with Gasteiger partial charge in [-0.25, -0.2) is 0 Å². The first-order valence-electron chi connectivity index (χ1n) is 7.79. The standard InChI is InChI=1S/C17H27BrN2/c1-5-7-14-11-20(16(10-19-14)12(2)3)15-9-6-8-13(4)17(15)18/h6,8-9,12,14,16,19H,5,7,10-11H2,1-4H3. The van der Waals surface area contributed by atoms with Gasteiger partial charge in [0.25, 0.3) is 0 Å². The summed E-state index contributed by atoms with van der Waals surface area (Å²) in [5.41, 5.74) is 2.67. The van der Waals surface area contributed by atoms with Crippen LogP contribution in [0.3, 0.4) is 0 Å². The molecule has 2 rings (SSSR count). The summed E-state index contributed by atoms with van der Waals surface area (Å²) in [6.45, 7) is 11.3. The third kappa shape index (κ3) is 3.37. The normalized spacial score (nSPS) is 23.4. The Bertz CT molecular complexity index is 445. The summed E-state index contributed by atoms with van der Waals surface area (Å²) < 4.78 is 1.25. The van der Waals surface area contributed by atoms with Gasteiger partial charge in [-0.2, -0.15) is 0 Å². The van der Waals surface area contributed by atoms with Crippen molar-refractivity contribution in [3.05, 3.63) is 28.2 Å². The molecule has 1 fully saturated rings. The van der Waals surface area contributed by atoms with Gasteiger partial charge < -0.3 is 10.2 Å². The molecule has 2 atom stereocenters. The van der Waals surface area contributed by atoms with Crippen LogP contribution in [0, 0.1) is 12.8 Å². The van der Waals surface area contributed by atoms with Gasteiger partial charge in [0.2, 0.25) is 0 Å². The maximum absolute atomic E-state index is 3.79. The molecule has 1 saturated heterocycles. The van der Waals surface area contributed by atoms with E-state index in [1.54, 1.807) is 0 Å². The summed E-state index contributed by atoms with van der Waals surface area (Å²) in [7, 11) is 0. The second kappa shape index (κ2) is 6.95. The smallest absolute Gasteiger partial charge is 0.0516 e. The second-order valence-corrected chi connectivity index (χ2v) is 7.06. The Balaban J connectivity index is 2.29. The number of rotatable bonds is 4. The van der Waals surface area contributed by atoms with E-state index >= 15 is 0 Å². The Kier molecular flexibility index (Phi) is 5.50. The number of halogens is 1. The number of hydrogen-bond acceptors (Lipinski definition) is 2. The second-order valence-electron chi connectivity index (χ2n) is 6.27. The molecular formula is C17H27BrN2. The molecule has 2 nitrogen and oxygen atoms in total. The summed E-state index contributed by atoms with van der Waals surface area (Å²) >= 11 is 3.79. The number of aryl methyl sites for hydroxylation is 1. The zero-order chi connectivity index (χ0) is 14.7. The van der Waals surface area contributed by atoms with E-state index in [9.17, 15) is 0 Å². The van der Waals surface area contributed by atoms with E-state index in [1.807, 2.05) is 0 Å². The van der Waals surface area contributed by atoms with E-state index in [0.717, 1.165) is 13.1 Å². The molecule has 1 aromatic carbocycles. The summed E-state index contributed by atoms with van der Waals surface area (Å²) in [4.78, 5) is 2.61. The molecule has 1 aliphatic rings. The first-order chi connectivity index (χ1) is 9.54. The topological polar surface area (TPSA) is 15.3 Å². The highest BCUT2D eigenvalue weighted by Gasteiger charge is 2.30. The van der Waals surface area contributed by atoms with Crippen molar-refractivity contribution in [3.8, 4) is 0 Å². The minimum Gasteiger partial charge on any atom is -0.365 e. The molecule has 0 saturated carbocycles. The highest BCUT2D eigenvalue weighted by Crippen LogP contribution is 2.33.